The van der Waals surface area contributed by atoms with Crippen molar-refractivity contribution in [3.63, 3.8) is 0 Å². The quantitative estimate of drug-likeness (QED) is 0.562. The van der Waals surface area contributed by atoms with Crippen LogP contribution in [-0.2, 0) is 11.2 Å². The van der Waals surface area contributed by atoms with Crippen LogP contribution < -0.4 is 0 Å². The summed E-state index contributed by atoms with van der Waals surface area (Å²) in [5.74, 6) is -3.73. The molecule has 1 heterocycles. The summed E-state index contributed by atoms with van der Waals surface area (Å²) >= 11 is 0. The molecule has 0 bridgehead atoms. The van der Waals surface area contributed by atoms with Gasteiger partial charge in [0.2, 0.25) is 5.78 Å². The number of benzene rings is 2. The molecule has 0 saturated carbocycles. The molecule has 0 amide bonds. The van der Waals surface area contributed by atoms with Gasteiger partial charge in [-0.25, -0.2) is 13.6 Å². The molecule has 0 saturated heterocycles. The molecule has 0 spiro atoms. The number of H-pyrrole nitrogens is 1. The molecule has 0 aliphatic heterocycles. The Kier molecular flexibility index (Phi) is 4.61. The molecule has 0 aliphatic rings. The molecule has 25 heavy (non-hydrogen) atoms. The predicted octanol–water partition coefficient (Wildman–Crippen LogP) is 4.05. The van der Waals surface area contributed by atoms with Gasteiger partial charge in [0.05, 0.1) is 0 Å². The number of carbonyl (C=O) groups is 2. The first-order valence-corrected chi connectivity index (χ1v) is 7.76. The summed E-state index contributed by atoms with van der Waals surface area (Å²) in [6, 6.07) is 8.63. The van der Waals surface area contributed by atoms with Gasteiger partial charge < -0.3 is 9.72 Å². The van der Waals surface area contributed by atoms with Crippen molar-refractivity contribution >= 4 is 22.7 Å². The SMILES string of the molecule is CCc1cccc2c(C(=O)COC(=O)c3c(F)cccc3F)c[nH]c12. The molecule has 0 atom stereocenters. The third-order valence-corrected chi connectivity index (χ3v) is 3.98. The van der Waals surface area contributed by atoms with E-state index in [1.165, 1.54) is 0 Å². The van der Waals surface area contributed by atoms with Crippen LogP contribution in [0.25, 0.3) is 10.9 Å². The van der Waals surface area contributed by atoms with E-state index < -0.39 is 35.6 Å². The summed E-state index contributed by atoms with van der Waals surface area (Å²) in [6.45, 7) is 1.40. The van der Waals surface area contributed by atoms with Crippen LogP contribution in [0.1, 0.15) is 33.2 Å². The van der Waals surface area contributed by atoms with E-state index in [4.69, 9.17) is 4.74 Å². The average molecular weight is 343 g/mol. The number of aromatic nitrogens is 1. The highest BCUT2D eigenvalue weighted by atomic mass is 19.1. The van der Waals surface area contributed by atoms with Crippen molar-refractivity contribution in [1.29, 1.82) is 0 Å². The van der Waals surface area contributed by atoms with Crippen LogP contribution in [0.4, 0.5) is 8.78 Å². The molecule has 128 valence electrons. The lowest BCUT2D eigenvalue weighted by Crippen LogP contribution is -2.16. The van der Waals surface area contributed by atoms with Gasteiger partial charge in [0.15, 0.2) is 6.61 Å². The molecule has 0 fully saturated rings. The fourth-order valence-corrected chi connectivity index (χ4v) is 2.72. The number of ether oxygens (including phenoxy) is 1. The zero-order valence-corrected chi connectivity index (χ0v) is 13.4. The zero-order chi connectivity index (χ0) is 18.0. The maximum absolute atomic E-state index is 13.6. The van der Waals surface area contributed by atoms with Crippen LogP contribution in [-0.4, -0.2) is 23.3 Å². The summed E-state index contributed by atoms with van der Waals surface area (Å²) in [7, 11) is 0. The number of rotatable bonds is 5. The van der Waals surface area contributed by atoms with Gasteiger partial charge in [0.25, 0.3) is 0 Å². The molecule has 3 aromatic rings. The number of fused-ring (bicyclic) bond motifs is 1. The molecule has 1 aromatic heterocycles. The fourth-order valence-electron chi connectivity index (χ4n) is 2.72. The standard InChI is InChI=1S/C19H15F2NO3/c1-2-11-5-3-6-12-13(9-22-18(11)12)16(23)10-25-19(24)17-14(20)7-4-8-15(17)21/h3-9,22H,2,10H2,1H3. The molecule has 0 aliphatic carbocycles. The van der Waals surface area contributed by atoms with Crippen LogP contribution >= 0.6 is 0 Å². The maximum Gasteiger partial charge on any atom is 0.344 e. The monoisotopic (exact) mass is 343 g/mol. The Balaban J connectivity index is 1.78. The molecule has 3 rings (SSSR count). The third-order valence-electron chi connectivity index (χ3n) is 3.98. The van der Waals surface area contributed by atoms with Gasteiger partial charge in [0, 0.05) is 22.7 Å². The van der Waals surface area contributed by atoms with Crippen molar-refractivity contribution in [3.05, 3.63) is 70.9 Å². The van der Waals surface area contributed by atoms with E-state index in [1.807, 2.05) is 19.1 Å². The van der Waals surface area contributed by atoms with E-state index in [0.717, 1.165) is 41.1 Å². The summed E-state index contributed by atoms with van der Waals surface area (Å²) in [6.07, 6.45) is 2.34. The minimum absolute atomic E-state index is 0.368. The van der Waals surface area contributed by atoms with Crippen LogP contribution in [0.2, 0.25) is 0 Å². The van der Waals surface area contributed by atoms with Gasteiger partial charge in [0.1, 0.15) is 17.2 Å². The van der Waals surface area contributed by atoms with Crippen molar-refractivity contribution in [2.75, 3.05) is 6.61 Å². The summed E-state index contributed by atoms with van der Waals surface area (Å²) in [5, 5.41) is 0.720. The number of hydrogen-bond acceptors (Lipinski definition) is 3. The fraction of sp³-hybridized carbons (Fsp3) is 0.158. The number of aromatic amines is 1. The second kappa shape index (κ2) is 6.84. The lowest BCUT2D eigenvalue weighted by molar-refractivity contribution is 0.0465. The molecule has 4 nitrogen and oxygen atoms in total. The normalized spacial score (nSPS) is 10.8. The van der Waals surface area contributed by atoms with Crippen molar-refractivity contribution < 1.29 is 23.1 Å². The van der Waals surface area contributed by atoms with Gasteiger partial charge in [-0.1, -0.05) is 31.2 Å². The van der Waals surface area contributed by atoms with Crippen LogP contribution in [0.5, 0.6) is 0 Å². The van der Waals surface area contributed by atoms with Crippen molar-refractivity contribution in [2.24, 2.45) is 0 Å². The Bertz CT molecular complexity index is 942. The minimum atomic E-state index is -1.21. The number of aryl methyl sites for hydroxylation is 1. The number of halogens is 2. The Morgan fingerprint density at radius 2 is 1.76 bits per heavy atom. The van der Waals surface area contributed by atoms with Crippen molar-refractivity contribution in [3.8, 4) is 0 Å². The van der Waals surface area contributed by atoms with Gasteiger partial charge >= 0.3 is 5.97 Å². The minimum Gasteiger partial charge on any atom is -0.454 e. The first-order chi connectivity index (χ1) is 12.0. The molecule has 2 aromatic carbocycles. The van der Waals surface area contributed by atoms with E-state index in [-0.39, 0.29) is 0 Å². The Hall–Kier alpha value is -3.02. The van der Waals surface area contributed by atoms with Gasteiger partial charge in [-0.15, -0.1) is 0 Å². The van der Waals surface area contributed by atoms with E-state index >= 15 is 0 Å². The third kappa shape index (κ3) is 3.15. The second-order valence-corrected chi connectivity index (χ2v) is 5.49. The van der Waals surface area contributed by atoms with Crippen LogP contribution in [0, 0.1) is 11.6 Å². The number of hydrogen-bond donors (Lipinski definition) is 1. The second-order valence-electron chi connectivity index (χ2n) is 5.49. The van der Waals surface area contributed by atoms with E-state index in [1.54, 1.807) is 12.3 Å². The van der Waals surface area contributed by atoms with E-state index in [2.05, 4.69) is 4.98 Å². The van der Waals surface area contributed by atoms with E-state index in [0.29, 0.717) is 5.56 Å². The number of carbonyl (C=O) groups excluding carboxylic acids is 2. The highest BCUT2D eigenvalue weighted by molar-refractivity contribution is 6.09. The topological polar surface area (TPSA) is 59.2 Å². The highest BCUT2D eigenvalue weighted by Crippen LogP contribution is 2.23. The molecule has 1 N–H and O–H groups in total. The predicted molar refractivity (Wildman–Crippen MR) is 88.6 cm³/mol. The average Bonchev–Trinajstić information content (AvgIpc) is 3.03. The van der Waals surface area contributed by atoms with Gasteiger partial charge in [-0.3, -0.25) is 4.79 Å². The largest absolute Gasteiger partial charge is 0.454 e. The van der Waals surface area contributed by atoms with Crippen LogP contribution in [0.3, 0.4) is 0 Å². The number of nitrogens with one attached hydrogen (secondary N) is 1. The Morgan fingerprint density at radius 3 is 2.44 bits per heavy atom. The summed E-state index contributed by atoms with van der Waals surface area (Å²) in [4.78, 5) is 27.2. The van der Waals surface area contributed by atoms with Gasteiger partial charge in [-0.2, -0.15) is 0 Å². The van der Waals surface area contributed by atoms with Crippen molar-refractivity contribution in [2.45, 2.75) is 13.3 Å². The maximum atomic E-state index is 13.6. The molecule has 0 radical (unpaired) electrons. The first-order valence-electron chi connectivity index (χ1n) is 7.76. The lowest BCUT2D eigenvalue weighted by atomic mass is 10.1. The Morgan fingerprint density at radius 1 is 1.08 bits per heavy atom. The number of Topliss-reactive ketones (excluding diaryl/α,β-unsaturated/α-hetero) is 1. The van der Waals surface area contributed by atoms with Crippen molar-refractivity contribution in [1.82, 2.24) is 4.98 Å². The molecular weight excluding hydrogens is 328 g/mol. The molecular formula is C19H15F2NO3. The molecule has 6 heteroatoms. The summed E-state index contributed by atoms with van der Waals surface area (Å²) in [5.41, 5.74) is 1.47. The Labute approximate surface area is 142 Å². The molecule has 0 unspecified atom stereocenters. The summed E-state index contributed by atoms with van der Waals surface area (Å²) < 4.78 is 31.9. The lowest BCUT2D eigenvalue weighted by Gasteiger charge is -2.06. The van der Waals surface area contributed by atoms with E-state index in [9.17, 15) is 18.4 Å². The first kappa shape index (κ1) is 16.8. The smallest absolute Gasteiger partial charge is 0.344 e. The zero-order valence-electron chi connectivity index (χ0n) is 13.4. The number of esters is 1. The highest BCUT2D eigenvalue weighted by Gasteiger charge is 2.21. The van der Waals surface area contributed by atoms with Crippen LogP contribution in [0.15, 0.2) is 42.6 Å². The number of para-hydroxylation sites is 1. The number of ketones is 1. The van der Waals surface area contributed by atoms with Gasteiger partial charge in [-0.05, 0) is 24.1 Å².